The van der Waals surface area contributed by atoms with Crippen LogP contribution in [0.15, 0.2) is 0 Å². The summed E-state index contributed by atoms with van der Waals surface area (Å²) in [5, 5.41) is 3.01. The third kappa shape index (κ3) is 4.62. The van der Waals surface area contributed by atoms with Crippen molar-refractivity contribution in [2.24, 2.45) is 5.92 Å². The number of amides is 1. The molecule has 1 fully saturated rings. The van der Waals surface area contributed by atoms with Crippen LogP contribution in [0.1, 0.15) is 20.8 Å². The number of carbonyl (C=O) groups is 1. The molecule has 0 aromatic rings. The van der Waals surface area contributed by atoms with Crippen molar-refractivity contribution < 1.29 is 9.53 Å². The maximum Gasteiger partial charge on any atom is 0.222 e. The van der Waals surface area contributed by atoms with Crippen molar-refractivity contribution in [3.8, 4) is 0 Å². The highest BCUT2D eigenvalue weighted by Crippen LogP contribution is 1.99. The van der Waals surface area contributed by atoms with Crippen molar-refractivity contribution in [1.82, 2.24) is 10.2 Å². The summed E-state index contributed by atoms with van der Waals surface area (Å²) in [6, 6.07) is 0.220. The van der Waals surface area contributed by atoms with Crippen molar-refractivity contribution in [1.29, 1.82) is 0 Å². The van der Waals surface area contributed by atoms with E-state index in [2.05, 4.69) is 17.1 Å². The zero-order valence-electron chi connectivity index (χ0n) is 9.95. The Morgan fingerprint density at radius 1 is 1.33 bits per heavy atom. The van der Waals surface area contributed by atoms with Crippen LogP contribution < -0.4 is 5.32 Å². The van der Waals surface area contributed by atoms with E-state index in [4.69, 9.17) is 4.74 Å². The molecule has 0 bridgehead atoms. The highest BCUT2D eigenvalue weighted by molar-refractivity contribution is 5.78. The number of carbonyl (C=O) groups excluding carboxylic acids is 1. The monoisotopic (exact) mass is 214 g/mol. The van der Waals surface area contributed by atoms with Crippen molar-refractivity contribution >= 4 is 5.91 Å². The van der Waals surface area contributed by atoms with Gasteiger partial charge in [-0.05, 0) is 6.92 Å². The highest BCUT2D eigenvalue weighted by atomic mass is 16.5. The molecule has 1 saturated heterocycles. The Balaban J connectivity index is 2.22. The molecule has 4 heteroatoms. The van der Waals surface area contributed by atoms with E-state index >= 15 is 0 Å². The molecule has 1 heterocycles. The number of ether oxygens (including phenoxy) is 1. The van der Waals surface area contributed by atoms with Gasteiger partial charge in [0.15, 0.2) is 0 Å². The minimum atomic E-state index is 0.0668. The number of rotatable bonds is 4. The molecule has 0 radical (unpaired) electrons. The summed E-state index contributed by atoms with van der Waals surface area (Å²) < 4.78 is 5.27. The standard InChI is InChI=1S/C11H22N2O2/c1-9(2)11(14)12-10(3)8-13-4-6-15-7-5-13/h9-10H,4-8H2,1-3H3,(H,12,14)/t10-/m1/s1. The molecule has 1 rings (SSSR count). The number of hydrogen-bond donors (Lipinski definition) is 1. The maximum absolute atomic E-state index is 11.4. The van der Waals surface area contributed by atoms with Gasteiger partial charge in [-0.25, -0.2) is 0 Å². The van der Waals surface area contributed by atoms with Crippen LogP contribution in [0, 0.1) is 5.92 Å². The summed E-state index contributed by atoms with van der Waals surface area (Å²) in [7, 11) is 0. The lowest BCUT2D eigenvalue weighted by Crippen LogP contribution is -2.46. The van der Waals surface area contributed by atoms with Crippen molar-refractivity contribution in [2.75, 3.05) is 32.8 Å². The minimum absolute atomic E-state index is 0.0668. The number of hydrogen-bond acceptors (Lipinski definition) is 3. The highest BCUT2D eigenvalue weighted by Gasteiger charge is 2.16. The SMILES string of the molecule is CC(C)C(=O)N[C@H](C)CN1CCOCC1. The number of nitrogens with one attached hydrogen (secondary N) is 1. The van der Waals surface area contributed by atoms with Gasteiger partial charge >= 0.3 is 0 Å². The van der Waals surface area contributed by atoms with E-state index in [-0.39, 0.29) is 17.9 Å². The summed E-state index contributed by atoms with van der Waals surface area (Å²) >= 11 is 0. The third-order valence-electron chi connectivity index (χ3n) is 2.55. The number of nitrogens with zero attached hydrogens (tertiary/aromatic N) is 1. The van der Waals surface area contributed by atoms with Crippen molar-refractivity contribution in [3.05, 3.63) is 0 Å². The fourth-order valence-electron chi connectivity index (χ4n) is 1.63. The lowest BCUT2D eigenvalue weighted by molar-refractivity contribution is -0.124. The molecule has 1 amide bonds. The van der Waals surface area contributed by atoms with E-state index in [1.165, 1.54) is 0 Å². The van der Waals surface area contributed by atoms with Crippen LogP contribution in [-0.4, -0.2) is 49.7 Å². The van der Waals surface area contributed by atoms with Crippen molar-refractivity contribution in [3.63, 3.8) is 0 Å². The first-order valence-corrected chi connectivity index (χ1v) is 5.70. The smallest absolute Gasteiger partial charge is 0.222 e. The molecule has 0 aromatic heterocycles. The average Bonchev–Trinajstić information content (AvgIpc) is 2.18. The van der Waals surface area contributed by atoms with Gasteiger partial charge in [-0.3, -0.25) is 9.69 Å². The second-order valence-corrected chi connectivity index (χ2v) is 4.48. The normalized spacial score (nSPS) is 20.3. The summed E-state index contributed by atoms with van der Waals surface area (Å²) in [6.45, 7) is 10.4. The van der Waals surface area contributed by atoms with Crippen LogP contribution in [0.5, 0.6) is 0 Å². The van der Waals surface area contributed by atoms with E-state index in [0.717, 1.165) is 32.8 Å². The molecule has 0 aromatic carbocycles. The van der Waals surface area contributed by atoms with Crippen molar-refractivity contribution in [2.45, 2.75) is 26.8 Å². The average molecular weight is 214 g/mol. The van der Waals surface area contributed by atoms with Crippen LogP contribution in [0.3, 0.4) is 0 Å². The van der Waals surface area contributed by atoms with E-state index in [1.807, 2.05) is 13.8 Å². The molecule has 0 aliphatic carbocycles. The Labute approximate surface area is 92.0 Å². The van der Waals surface area contributed by atoms with Crippen LogP contribution in [0.4, 0.5) is 0 Å². The molecule has 88 valence electrons. The van der Waals surface area contributed by atoms with Gasteiger partial charge in [0.05, 0.1) is 13.2 Å². The lowest BCUT2D eigenvalue weighted by atomic mass is 10.2. The van der Waals surface area contributed by atoms with Crippen LogP contribution >= 0.6 is 0 Å². The quantitative estimate of drug-likeness (QED) is 0.740. The Morgan fingerprint density at radius 2 is 1.93 bits per heavy atom. The van der Waals surface area contributed by atoms with Crippen LogP contribution in [0.25, 0.3) is 0 Å². The predicted octanol–water partition coefficient (Wildman–Crippen LogP) is 0.479. The Morgan fingerprint density at radius 3 is 2.47 bits per heavy atom. The van der Waals surface area contributed by atoms with Gasteiger partial charge in [-0.15, -0.1) is 0 Å². The summed E-state index contributed by atoms with van der Waals surface area (Å²) in [6.07, 6.45) is 0. The van der Waals surface area contributed by atoms with Crippen LogP contribution in [-0.2, 0) is 9.53 Å². The van der Waals surface area contributed by atoms with E-state index in [9.17, 15) is 4.79 Å². The van der Waals surface area contributed by atoms with Gasteiger partial charge in [0.25, 0.3) is 0 Å². The molecule has 1 aliphatic rings. The summed E-state index contributed by atoms with van der Waals surface area (Å²) in [5.41, 5.74) is 0. The zero-order chi connectivity index (χ0) is 11.3. The van der Waals surface area contributed by atoms with E-state index in [1.54, 1.807) is 0 Å². The fourth-order valence-corrected chi connectivity index (χ4v) is 1.63. The van der Waals surface area contributed by atoms with Gasteiger partial charge in [0.2, 0.25) is 5.91 Å². The molecule has 4 nitrogen and oxygen atoms in total. The van der Waals surface area contributed by atoms with E-state index in [0.29, 0.717) is 0 Å². The topological polar surface area (TPSA) is 41.6 Å². The second kappa shape index (κ2) is 6.08. The first-order chi connectivity index (χ1) is 7.09. The Hall–Kier alpha value is -0.610. The first kappa shape index (κ1) is 12.5. The molecule has 1 aliphatic heterocycles. The molecular weight excluding hydrogens is 192 g/mol. The van der Waals surface area contributed by atoms with Gasteiger partial charge in [-0.2, -0.15) is 0 Å². The molecule has 0 saturated carbocycles. The van der Waals surface area contributed by atoms with Gasteiger partial charge in [0.1, 0.15) is 0 Å². The second-order valence-electron chi connectivity index (χ2n) is 4.48. The van der Waals surface area contributed by atoms with Gasteiger partial charge in [-0.1, -0.05) is 13.8 Å². The molecule has 0 spiro atoms. The van der Waals surface area contributed by atoms with Gasteiger partial charge in [0, 0.05) is 31.6 Å². The third-order valence-corrected chi connectivity index (χ3v) is 2.55. The van der Waals surface area contributed by atoms with E-state index < -0.39 is 0 Å². The molecule has 15 heavy (non-hydrogen) atoms. The predicted molar refractivity (Wildman–Crippen MR) is 59.7 cm³/mol. The Kier molecular flexibility index (Phi) is 5.05. The first-order valence-electron chi connectivity index (χ1n) is 5.70. The van der Waals surface area contributed by atoms with Gasteiger partial charge < -0.3 is 10.1 Å². The fraction of sp³-hybridized carbons (Fsp3) is 0.909. The number of morpholine rings is 1. The largest absolute Gasteiger partial charge is 0.379 e. The summed E-state index contributed by atoms with van der Waals surface area (Å²) in [5.74, 6) is 0.202. The molecule has 0 unspecified atom stereocenters. The molecule has 1 N–H and O–H groups in total. The summed E-state index contributed by atoms with van der Waals surface area (Å²) in [4.78, 5) is 13.8. The maximum atomic E-state index is 11.4. The molecular formula is C11H22N2O2. The Bertz CT molecular complexity index is 201. The lowest BCUT2D eigenvalue weighted by Gasteiger charge is -2.29. The minimum Gasteiger partial charge on any atom is -0.379 e. The zero-order valence-corrected chi connectivity index (χ0v) is 9.95. The van der Waals surface area contributed by atoms with Crippen LogP contribution in [0.2, 0.25) is 0 Å². The molecule has 1 atom stereocenters.